The maximum absolute atomic E-state index is 11.8. The standard InChI is InChI=1S/C13H18N2O4/c14-7-10-13(18)12(17)9(19-10)6-11(16)15-8-4-2-1-3-5-8/h1-5,9-10,12-13,17-18H,6-7,14H2,(H,15,16)/t9-,10+,12-,13+/m1/s1. The summed E-state index contributed by atoms with van der Waals surface area (Å²) >= 11 is 0. The molecule has 0 aromatic heterocycles. The van der Waals surface area contributed by atoms with E-state index < -0.39 is 24.4 Å². The molecule has 0 bridgehead atoms. The fraction of sp³-hybridized carbons (Fsp3) is 0.462. The minimum absolute atomic E-state index is 0.0242. The Labute approximate surface area is 111 Å². The zero-order valence-electron chi connectivity index (χ0n) is 10.4. The van der Waals surface area contributed by atoms with Crippen LogP contribution in [0.1, 0.15) is 6.42 Å². The van der Waals surface area contributed by atoms with Crippen molar-refractivity contribution in [1.29, 1.82) is 0 Å². The first-order valence-electron chi connectivity index (χ1n) is 6.18. The molecule has 2 rings (SSSR count). The van der Waals surface area contributed by atoms with Crippen LogP contribution in [-0.2, 0) is 9.53 Å². The van der Waals surface area contributed by atoms with E-state index in [2.05, 4.69) is 5.32 Å². The predicted octanol–water partition coefficient (Wildman–Crippen LogP) is -0.537. The number of nitrogens with two attached hydrogens (primary N) is 1. The Bertz CT molecular complexity index is 426. The summed E-state index contributed by atoms with van der Waals surface area (Å²) in [5.41, 5.74) is 6.08. The molecule has 0 spiro atoms. The lowest BCUT2D eigenvalue weighted by Gasteiger charge is -2.14. The normalized spacial score (nSPS) is 30.3. The highest BCUT2D eigenvalue weighted by molar-refractivity contribution is 5.91. The van der Waals surface area contributed by atoms with Crippen LogP contribution in [0.5, 0.6) is 0 Å². The van der Waals surface area contributed by atoms with E-state index in [4.69, 9.17) is 10.5 Å². The van der Waals surface area contributed by atoms with Crippen molar-refractivity contribution in [2.45, 2.75) is 30.8 Å². The topological polar surface area (TPSA) is 105 Å². The molecule has 5 N–H and O–H groups in total. The molecule has 1 amide bonds. The summed E-state index contributed by atoms with van der Waals surface area (Å²) in [7, 11) is 0. The Morgan fingerprint density at radius 3 is 2.42 bits per heavy atom. The van der Waals surface area contributed by atoms with Crippen LogP contribution in [0, 0.1) is 0 Å². The molecule has 0 radical (unpaired) electrons. The van der Waals surface area contributed by atoms with Crippen LogP contribution in [0.3, 0.4) is 0 Å². The van der Waals surface area contributed by atoms with Crippen molar-refractivity contribution in [2.75, 3.05) is 11.9 Å². The molecule has 104 valence electrons. The second kappa shape index (κ2) is 6.12. The van der Waals surface area contributed by atoms with Crippen molar-refractivity contribution in [2.24, 2.45) is 5.73 Å². The number of anilines is 1. The number of benzene rings is 1. The monoisotopic (exact) mass is 266 g/mol. The average Bonchev–Trinajstić information content (AvgIpc) is 2.67. The summed E-state index contributed by atoms with van der Waals surface area (Å²) in [6, 6.07) is 9.00. The van der Waals surface area contributed by atoms with Crippen LogP contribution in [0.2, 0.25) is 0 Å². The van der Waals surface area contributed by atoms with E-state index in [9.17, 15) is 15.0 Å². The van der Waals surface area contributed by atoms with Crippen molar-refractivity contribution >= 4 is 11.6 Å². The summed E-state index contributed by atoms with van der Waals surface area (Å²) in [5, 5.41) is 22.1. The van der Waals surface area contributed by atoms with Crippen LogP contribution in [0.15, 0.2) is 30.3 Å². The van der Waals surface area contributed by atoms with E-state index in [-0.39, 0.29) is 18.9 Å². The van der Waals surface area contributed by atoms with Gasteiger partial charge in [0.25, 0.3) is 0 Å². The first-order valence-corrected chi connectivity index (χ1v) is 6.18. The highest BCUT2D eigenvalue weighted by atomic mass is 16.5. The van der Waals surface area contributed by atoms with Crippen LogP contribution in [0.25, 0.3) is 0 Å². The highest BCUT2D eigenvalue weighted by Crippen LogP contribution is 2.23. The quantitative estimate of drug-likeness (QED) is 0.586. The largest absolute Gasteiger partial charge is 0.388 e. The van der Waals surface area contributed by atoms with Crippen molar-refractivity contribution in [3.05, 3.63) is 30.3 Å². The summed E-state index contributed by atoms with van der Waals surface area (Å²) in [5.74, 6) is -0.278. The lowest BCUT2D eigenvalue weighted by atomic mass is 10.1. The smallest absolute Gasteiger partial charge is 0.227 e. The Morgan fingerprint density at radius 1 is 1.21 bits per heavy atom. The lowest BCUT2D eigenvalue weighted by Crippen LogP contribution is -2.36. The molecule has 1 heterocycles. The van der Waals surface area contributed by atoms with Gasteiger partial charge in [-0.15, -0.1) is 0 Å². The summed E-state index contributed by atoms with van der Waals surface area (Å²) in [6.07, 6.45) is -3.50. The molecule has 0 unspecified atom stereocenters. The number of para-hydroxylation sites is 1. The van der Waals surface area contributed by atoms with E-state index >= 15 is 0 Å². The number of aliphatic hydroxyl groups excluding tert-OH is 2. The molecule has 1 saturated heterocycles. The average molecular weight is 266 g/mol. The number of nitrogens with one attached hydrogen (secondary N) is 1. The fourth-order valence-electron chi connectivity index (χ4n) is 2.11. The van der Waals surface area contributed by atoms with Crippen LogP contribution < -0.4 is 11.1 Å². The Morgan fingerprint density at radius 2 is 1.84 bits per heavy atom. The first kappa shape index (κ1) is 14.0. The van der Waals surface area contributed by atoms with Crippen molar-refractivity contribution in [1.82, 2.24) is 0 Å². The van der Waals surface area contributed by atoms with Gasteiger partial charge in [0.05, 0.1) is 18.6 Å². The third kappa shape index (κ3) is 3.30. The Hall–Kier alpha value is -1.47. The number of amides is 1. The van der Waals surface area contributed by atoms with Crippen LogP contribution in [0.4, 0.5) is 5.69 Å². The van der Waals surface area contributed by atoms with Gasteiger partial charge in [-0.3, -0.25) is 4.79 Å². The van der Waals surface area contributed by atoms with Crippen molar-refractivity contribution in [3.63, 3.8) is 0 Å². The second-order valence-electron chi connectivity index (χ2n) is 4.55. The van der Waals surface area contributed by atoms with Gasteiger partial charge in [0.1, 0.15) is 12.2 Å². The van der Waals surface area contributed by atoms with Crippen LogP contribution in [-0.4, -0.2) is 47.1 Å². The van der Waals surface area contributed by atoms with E-state index in [1.165, 1.54) is 0 Å². The van der Waals surface area contributed by atoms with E-state index in [0.29, 0.717) is 5.69 Å². The summed E-state index contributed by atoms with van der Waals surface area (Å²) in [4.78, 5) is 11.8. The van der Waals surface area contributed by atoms with Gasteiger partial charge in [0.2, 0.25) is 5.91 Å². The second-order valence-corrected chi connectivity index (χ2v) is 4.55. The van der Waals surface area contributed by atoms with E-state index in [0.717, 1.165) is 0 Å². The maximum atomic E-state index is 11.8. The van der Waals surface area contributed by atoms with Gasteiger partial charge in [-0.25, -0.2) is 0 Å². The van der Waals surface area contributed by atoms with Gasteiger partial charge in [0, 0.05) is 12.2 Å². The molecule has 1 aliphatic heterocycles. The van der Waals surface area contributed by atoms with Gasteiger partial charge in [-0.1, -0.05) is 18.2 Å². The van der Waals surface area contributed by atoms with Gasteiger partial charge in [0.15, 0.2) is 0 Å². The molecule has 6 nitrogen and oxygen atoms in total. The third-order valence-electron chi connectivity index (χ3n) is 3.14. The Kier molecular flexibility index (Phi) is 4.49. The van der Waals surface area contributed by atoms with Crippen LogP contribution >= 0.6 is 0 Å². The first-order chi connectivity index (χ1) is 9.11. The molecule has 1 aromatic rings. The highest BCUT2D eigenvalue weighted by Gasteiger charge is 2.42. The summed E-state index contributed by atoms with van der Waals surface area (Å²) in [6.45, 7) is 0.106. The Balaban J connectivity index is 1.89. The minimum Gasteiger partial charge on any atom is -0.388 e. The zero-order valence-corrected chi connectivity index (χ0v) is 10.4. The molecule has 19 heavy (non-hydrogen) atoms. The third-order valence-corrected chi connectivity index (χ3v) is 3.14. The molecule has 1 fully saturated rings. The number of carbonyl (C=O) groups is 1. The summed E-state index contributed by atoms with van der Waals surface area (Å²) < 4.78 is 5.36. The molecule has 1 aromatic carbocycles. The number of hydrogen-bond donors (Lipinski definition) is 4. The number of carbonyl (C=O) groups excluding carboxylic acids is 1. The van der Waals surface area contributed by atoms with Crippen molar-refractivity contribution in [3.8, 4) is 0 Å². The molecule has 0 saturated carbocycles. The molecular formula is C13H18N2O4. The van der Waals surface area contributed by atoms with Gasteiger partial charge in [-0.2, -0.15) is 0 Å². The van der Waals surface area contributed by atoms with Crippen molar-refractivity contribution < 1.29 is 19.7 Å². The molecule has 6 heteroatoms. The van der Waals surface area contributed by atoms with E-state index in [1.54, 1.807) is 12.1 Å². The lowest BCUT2D eigenvalue weighted by molar-refractivity contribution is -0.120. The molecule has 1 aliphatic rings. The number of ether oxygens (including phenoxy) is 1. The van der Waals surface area contributed by atoms with Gasteiger partial charge in [-0.05, 0) is 12.1 Å². The van der Waals surface area contributed by atoms with E-state index in [1.807, 2.05) is 18.2 Å². The molecular weight excluding hydrogens is 248 g/mol. The maximum Gasteiger partial charge on any atom is 0.227 e. The molecule has 0 aliphatic carbocycles. The minimum atomic E-state index is -1.09. The van der Waals surface area contributed by atoms with Gasteiger partial charge < -0.3 is 26.0 Å². The molecule has 4 atom stereocenters. The SMILES string of the molecule is NC[C@@H]1O[C@H](CC(=O)Nc2ccccc2)[C@@H](O)[C@H]1O. The number of aliphatic hydroxyl groups is 2. The number of rotatable bonds is 4. The fourth-order valence-corrected chi connectivity index (χ4v) is 2.11. The van der Waals surface area contributed by atoms with Gasteiger partial charge >= 0.3 is 0 Å². The zero-order chi connectivity index (χ0) is 13.8. The number of hydrogen-bond acceptors (Lipinski definition) is 5. The predicted molar refractivity (Wildman–Crippen MR) is 69.4 cm³/mol.